The predicted octanol–water partition coefficient (Wildman–Crippen LogP) is 3.52. The van der Waals surface area contributed by atoms with Gasteiger partial charge < -0.3 is 19.9 Å². The van der Waals surface area contributed by atoms with Crippen LogP contribution in [0.4, 0.5) is 0 Å². The number of aliphatic hydroxyl groups excluding tert-OH is 1. The molecule has 1 aliphatic carbocycles. The average molecular weight is 398 g/mol. The van der Waals surface area contributed by atoms with E-state index in [4.69, 9.17) is 9.47 Å². The maximum Gasteiger partial charge on any atom is 0.323 e. The van der Waals surface area contributed by atoms with Crippen molar-refractivity contribution in [1.29, 1.82) is 0 Å². The van der Waals surface area contributed by atoms with Crippen LogP contribution in [-0.4, -0.2) is 48.9 Å². The number of aliphatic hydroxyl groups is 1. The minimum Gasteiger partial charge on any atom is -0.466 e. The largest absolute Gasteiger partial charge is 0.466 e. The van der Waals surface area contributed by atoms with Crippen LogP contribution in [-0.2, 0) is 19.1 Å². The van der Waals surface area contributed by atoms with E-state index in [0.717, 1.165) is 25.7 Å². The summed E-state index contributed by atoms with van der Waals surface area (Å²) < 4.78 is 10.1. The highest BCUT2D eigenvalue weighted by Crippen LogP contribution is 2.27. The highest BCUT2D eigenvalue weighted by Gasteiger charge is 2.23. The van der Waals surface area contributed by atoms with Gasteiger partial charge in [0.1, 0.15) is 6.04 Å². The molecule has 162 valence electrons. The zero-order chi connectivity index (χ0) is 20.6. The van der Waals surface area contributed by atoms with Gasteiger partial charge in [-0.05, 0) is 64.8 Å². The lowest BCUT2D eigenvalue weighted by atomic mass is 9.84. The minimum absolute atomic E-state index is 0.168. The Bertz CT molecular complexity index is 460. The molecule has 6 nitrogen and oxygen atoms in total. The molecule has 2 N–H and O–H groups in total. The van der Waals surface area contributed by atoms with Gasteiger partial charge in [0.05, 0.1) is 19.3 Å². The number of hydrogen-bond acceptors (Lipinski definition) is 6. The molecule has 1 rings (SSSR count). The molecule has 1 saturated carbocycles. The first-order chi connectivity index (χ1) is 13.6. The van der Waals surface area contributed by atoms with Gasteiger partial charge in [-0.15, -0.1) is 0 Å². The summed E-state index contributed by atoms with van der Waals surface area (Å²) in [7, 11) is 0. The van der Waals surface area contributed by atoms with Crippen LogP contribution >= 0.6 is 0 Å². The van der Waals surface area contributed by atoms with Crippen molar-refractivity contribution in [3.8, 4) is 0 Å². The standard InChI is InChI=1S/C22H39NO5/c1-3-27-21(25)15-11-6-5-10-14-19(22(26)28-4-2)23-17-16-20(24)18-12-8-7-9-13-18/h5,10,18-20,23-24H,3-4,6-9,11-17H2,1-2H3/b10-5+. The Hall–Kier alpha value is -1.40. The van der Waals surface area contributed by atoms with E-state index in [0.29, 0.717) is 44.9 Å². The Labute approximate surface area is 170 Å². The van der Waals surface area contributed by atoms with Gasteiger partial charge in [-0.1, -0.05) is 31.4 Å². The van der Waals surface area contributed by atoms with E-state index in [9.17, 15) is 14.7 Å². The smallest absolute Gasteiger partial charge is 0.323 e. The van der Waals surface area contributed by atoms with Gasteiger partial charge in [0, 0.05) is 6.42 Å². The minimum atomic E-state index is -0.403. The van der Waals surface area contributed by atoms with Crippen molar-refractivity contribution in [2.75, 3.05) is 19.8 Å². The number of allylic oxidation sites excluding steroid dienone is 1. The normalized spacial score (nSPS) is 17.4. The molecule has 0 spiro atoms. The van der Waals surface area contributed by atoms with Crippen LogP contribution in [0, 0.1) is 5.92 Å². The SMILES string of the molecule is CCOC(=O)CCC/C=C/CC(NCCC(O)C1CCCCC1)C(=O)OCC. The molecule has 0 aromatic carbocycles. The van der Waals surface area contributed by atoms with Crippen molar-refractivity contribution in [2.45, 2.75) is 90.2 Å². The van der Waals surface area contributed by atoms with Crippen molar-refractivity contribution in [3.63, 3.8) is 0 Å². The molecular formula is C22H39NO5. The average Bonchev–Trinajstić information content (AvgIpc) is 2.70. The Morgan fingerprint density at radius 1 is 1.11 bits per heavy atom. The van der Waals surface area contributed by atoms with Gasteiger partial charge in [-0.3, -0.25) is 9.59 Å². The second-order valence-electron chi connectivity index (χ2n) is 7.42. The van der Waals surface area contributed by atoms with Gasteiger partial charge in [0.15, 0.2) is 0 Å². The van der Waals surface area contributed by atoms with Gasteiger partial charge in [-0.25, -0.2) is 0 Å². The Morgan fingerprint density at radius 3 is 2.50 bits per heavy atom. The van der Waals surface area contributed by atoms with Crippen LogP contribution in [0.3, 0.4) is 0 Å². The van der Waals surface area contributed by atoms with E-state index in [-0.39, 0.29) is 18.0 Å². The first-order valence-electron chi connectivity index (χ1n) is 11.0. The molecule has 0 aliphatic heterocycles. The zero-order valence-corrected chi connectivity index (χ0v) is 17.7. The Balaban J connectivity index is 2.31. The molecule has 6 heteroatoms. The fraction of sp³-hybridized carbons (Fsp3) is 0.818. The van der Waals surface area contributed by atoms with Gasteiger partial charge in [0.25, 0.3) is 0 Å². The third-order valence-electron chi connectivity index (χ3n) is 5.19. The monoisotopic (exact) mass is 397 g/mol. The summed E-state index contributed by atoms with van der Waals surface area (Å²) in [6, 6.07) is -0.403. The van der Waals surface area contributed by atoms with Crippen molar-refractivity contribution >= 4 is 11.9 Å². The first-order valence-corrected chi connectivity index (χ1v) is 11.0. The Morgan fingerprint density at radius 2 is 1.82 bits per heavy atom. The third-order valence-corrected chi connectivity index (χ3v) is 5.19. The summed E-state index contributed by atoms with van der Waals surface area (Å²) in [5, 5.41) is 13.6. The van der Waals surface area contributed by atoms with E-state index in [1.165, 1.54) is 19.3 Å². The van der Waals surface area contributed by atoms with Crippen molar-refractivity contribution in [3.05, 3.63) is 12.2 Å². The van der Waals surface area contributed by atoms with E-state index in [2.05, 4.69) is 5.32 Å². The quantitative estimate of drug-likeness (QED) is 0.265. The van der Waals surface area contributed by atoms with E-state index in [1.807, 2.05) is 12.2 Å². The fourth-order valence-corrected chi connectivity index (χ4v) is 3.61. The fourth-order valence-electron chi connectivity index (χ4n) is 3.61. The molecule has 2 unspecified atom stereocenters. The molecule has 0 aromatic heterocycles. The maximum atomic E-state index is 12.2. The number of hydrogen-bond donors (Lipinski definition) is 2. The predicted molar refractivity (Wildman–Crippen MR) is 110 cm³/mol. The van der Waals surface area contributed by atoms with E-state index >= 15 is 0 Å². The lowest BCUT2D eigenvalue weighted by Crippen LogP contribution is -2.39. The maximum absolute atomic E-state index is 12.2. The molecular weight excluding hydrogens is 358 g/mol. The molecule has 1 fully saturated rings. The number of carbonyl (C=O) groups is 2. The summed E-state index contributed by atoms with van der Waals surface area (Å²) in [5.41, 5.74) is 0. The molecule has 0 saturated heterocycles. The number of unbranched alkanes of at least 4 members (excludes halogenated alkanes) is 1. The van der Waals surface area contributed by atoms with E-state index < -0.39 is 6.04 Å². The van der Waals surface area contributed by atoms with Crippen LogP contribution in [0.2, 0.25) is 0 Å². The third kappa shape index (κ3) is 10.8. The topological polar surface area (TPSA) is 84.9 Å². The summed E-state index contributed by atoms with van der Waals surface area (Å²) in [5.74, 6) is -0.0276. The number of carbonyl (C=O) groups excluding carboxylic acids is 2. The van der Waals surface area contributed by atoms with Gasteiger partial charge in [-0.2, -0.15) is 0 Å². The van der Waals surface area contributed by atoms with Crippen LogP contribution in [0.25, 0.3) is 0 Å². The second kappa shape index (κ2) is 15.5. The summed E-state index contributed by atoms with van der Waals surface area (Å²) in [6.07, 6.45) is 12.7. The molecule has 28 heavy (non-hydrogen) atoms. The molecule has 0 aromatic rings. The Kier molecular flexibility index (Phi) is 13.7. The van der Waals surface area contributed by atoms with Gasteiger partial charge in [0.2, 0.25) is 0 Å². The second-order valence-corrected chi connectivity index (χ2v) is 7.42. The van der Waals surface area contributed by atoms with Gasteiger partial charge >= 0.3 is 11.9 Å². The molecule has 0 heterocycles. The number of ether oxygens (including phenoxy) is 2. The summed E-state index contributed by atoms with van der Waals surface area (Å²) in [6.45, 7) is 4.96. The number of esters is 2. The van der Waals surface area contributed by atoms with Crippen molar-refractivity contribution < 1.29 is 24.2 Å². The van der Waals surface area contributed by atoms with Crippen LogP contribution in [0.5, 0.6) is 0 Å². The van der Waals surface area contributed by atoms with Crippen LogP contribution in [0.15, 0.2) is 12.2 Å². The number of nitrogens with one attached hydrogen (secondary N) is 1. The highest BCUT2D eigenvalue weighted by molar-refractivity contribution is 5.76. The highest BCUT2D eigenvalue weighted by atomic mass is 16.5. The molecule has 0 amide bonds. The molecule has 2 atom stereocenters. The van der Waals surface area contributed by atoms with Crippen molar-refractivity contribution in [2.24, 2.45) is 5.92 Å². The van der Waals surface area contributed by atoms with E-state index in [1.54, 1.807) is 13.8 Å². The van der Waals surface area contributed by atoms with Crippen molar-refractivity contribution in [1.82, 2.24) is 5.32 Å². The molecule has 1 aliphatic rings. The lowest BCUT2D eigenvalue weighted by molar-refractivity contribution is -0.145. The zero-order valence-electron chi connectivity index (χ0n) is 17.7. The molecule has 0 bridgehead atoms. The summed E-state index contributed by atoms with van der Waals surface area (Å²) in [4.78, 5) is 23.5. The first kappa shape index (κ1) is 24.6. The molecule has 0 radical (unpaired) electrons. The van der Waals surface area contributed by atoms with Crippen LogP contribution < -0.4 is 5.32 Å². The lowest BCUT2D eigenvalue weighted by Gasteiger charge is -2.27. The van der Waals surface area contributed by atoms with Crippen LogP contribution in [0.1, 0.15) is 78.1 Å². The summed E-state index contributed by atoms with van der Waals surface area (Å²) >= 11 is 0. The number of rotatable bonds is 14.